The Morgan fingerprint density at radius 2 is 1.67 bits per heavy atom. The topological polar surface area (TPSA) is 0 Å². The Morgan fingerprint density at radius 1 is 1.00 bits per heavy atom. The monoisotopic (exact) mass is 169 g/mol. The Labute approximate surface area is 78.8 Å². The zero-order chi connectivity index (χ0) is 9.23. The van der Waals surface area contributed by atoms with Crippen molar-refractivity contribution in [2.24, 2.45) is 5.92 Å². The first kappa shape index (κ1) is 12.0. The lowest BCUT2D eigenvalue weighted by atomic mass is 10.0. The predicted octanol–water partition coefficient (Wildman–Crippen LogP) is 4.60. The van der Waals surface area contributed by atoms with Gasteiger partial charge in [0.25, 0.3) is 0 Å². The molecule has 0 heteroatoms. The molecule has 0 bridgehead atoms. The van der Waals surface area contributed by atoms with Gasteiger partial charge < -0.3 is 0 Å². The average molecular weight is 169 g/mol. The minimum atomic E-state index is 0.889. The molecule has 0 nitrogen and oxygen atoms in total. The van der Waals surface area contributed by atoms with Crippen molar-refractivity contribution in [3.8, 4) is 0 Å². The van der Waals surface area contributed by atoms with Gasteiger partial charge in [0, 0.05) is 0 Å². The number of hydrogen-bond acceptors (Lipinski definition) is 0. The maximum Gasteiger partial charge on any atom is -0.0386 e. The van der Waals surface area contributed by atoms with E-state index in [0.717, 1.165) is 5.92 Å². The Bertz CT molecular complexity index is 74.1. The first-order chi connectivity index (χ1) is 5.77. The molecule has 0 aliphatic carbocycles. The molecule has 1 radical (unpaired) electrons. The van der Waals surface area contributed by atoms with E-state index < -0.39 is 0 Å². The van der Waals surface area contributed by atoms with Crippen molar-refractivity contribution in [2.75, 3.05) is 0 Å². The molecule has 0 rings (SSSR count). The standard InChI is InChI=1S/C12H25/c1-4-5-6-7-8-9-10-11-12(2)3/h7,12H,4-6,8-11H2,1-3H3. The van der Waals surface area contributed by atoms with Gasteiger partial charge in [-0.2, -0.15) is 0 Å². The minimum absolute atomic E-state index is 0.889. The smallest absolute Gasteiger partial charge is 0.0386 e. The largest absolute Gasteiger partial charge is 0.0654 e. The van der Waals surface area contributed by atoms with Gasteiger partial charge in [0.05, 0.1) is 0 Å². The van der Waals surface area contributed by atoms with Crippen molar-refractivity contribution in [2.45, 2.75) is 65.7 Å². The fourth-order valence-corrected chi connectivity index (χ4v) is 1.33. The molecule has 73 valence electrons. The lowest BCUT2D eigenvalue weighted by molar-refractivity contribution is 0.533. The minimum Gasteiger partial charge on any atom is -0.0654 e. The molecule has 0 aromatic rings. The van der Waals surface area contributed by atoms with E-state index in [1.54, 1.807) is 0 Å². The van der Waals surface area contributed by atoms with Gasteiger partial charge in [-0.15, -0.1) is 0 Å². The predicted molar refractivity (Wildman–Crippen MR) is 57.1 cm³/mol. The van der Waals surface area contributed by atoms with E-state index in [0.29, 0.717) is 0 Å². The van der Waals surface area contributed by atoms with Crippen molar-refractivity contribution in [1.82, 2.24) is 0 Å². The van der Waals surface area contributed by atoms with Crippen LogP contribution in [0.3, 0.4) is 0 Å². The molecule has 0 fully saturated rings. The van der Waals surface area contributed by atoms with E-state index in [4.69, 9.17) is 0 Å². The highest BCUT2D eigenvalue weighted by atomic mass is 14.0. The summed E-state index contributed by atoms with van der Waals surface area (Å²) in [5, 5.41) is 0. The lowest BCUT2D eigenvalue weighted by Crippen LogP contribution is -1.87. The molecule has 0 atom stereocenters. The first-order valence-electron chi connectivity index (χ1n) is 5.59. The van der Waals surface area contributed by atoms with Gasteiger partial charge in [-0.1, -0.05) is 65.7 Å². The zero-order valence-corrected chi connectivity index (χ0v) is 9.10. The highest BCUT2D eigenvalue weighted by molar-refractivity contribution is 4.64. The molecule has 12 heavy (non-hydrogen) atoms. The molecule has 0 aromatic heterocycles. The van der Waals surface area contributed by atoms with Crippen LogP contribution in [0.4, 0.5) is 0 Å². The molecule has 0 unspecified atom stereocenters. The van der Waals surface area contributed by atoms with E-state index in [1.807, 2.05) is 0 Å². The Balaban J connectivity index is 2.82. The molecular weight excluding hydrogens is 144 g/mol. The fourth-order valence-electron chi connectivity index (χ4n) is 1.33. The molecule has 0 aliphatic heterocycles. The van der Waals surface area contributed by atoms with Gasteiger partial charge in [-0.05, 0) is 12.3 Å². The van der Waals surface area contributed by atoms with Crippen LogP contribution in [-0.4, -0.2) is 0 Å². The number of rotatable bonds is 8. The van der Waals surface area contributed by atoms with Crippen molar-refractivity contribution in [1.29, 1.82) is 0 Å². The maximum atomic E-state index is 2.46. The first-order valence-corrected chi connectivity index (χ1v) is 5.59. The summed E-state index contributed by atoms with van der Waals surface area (Å²) in [5.41, 5.74) is 0. The van der Waals surface area contributed by atoms with E-state index >= 15 is 0 Å². The fraction of sp³-hybridized carbons (Fsp3) is 0.917. The summed E-state index contributed by atoms with van der Waals surface area (Å²) in [5.74, 6) is 0.889. The Hall–Kier alpha value is 0. The normalized spacial score (nSPS) is 11.0. The van der Waals surface area contributed by atoms with Crippen molar-refractivity contribution in [3.05, 3.63) is 6.42 Å². The molecule has 0 heterocycles. The highest BCUT2D eigenvalue weighted by Crippen LogP contribution is 2.10. The second-order valence-corrected chi connectivity index (χ2v) is 4.11. The van der Waals surface area contributed by atoms with Crippen LogP contribution in [0.2, 0.25) is 0 Å². The third-order valence-electron chi connectivity index (χ3n) is 2.20. The van der Waals surface area contributed by atoms with E-state index in [1.165, 1.54) is 44.9 Å². The number of unbranched alkanes of at least 4 members (excludes halogenated alkanes) is 6. The Morgan fingerprint density at radius 3 is 2.25 bits per heavy atom. The lowest BCUT2D eigenvalue weighted by Gasteiger charge is -2.03. The second-order valence-electron chi connectivity index (χ2n) is 4.11. The summed E-state index contributed by atoms with van der Waals surface area (Å²) in [6.45, 7) is 6.87. The van der Waals surface area contributed by atoms with Gasteiger partial charge in [0.15, 0.2) is 0 Å². The van der Waals surface area contributed by atoms with Crippen molar-refractivity contribution >= 4 is 0 Å². The van der Waals surface area contributed by atoms with Crippen LogP contribution in [-0.2, 0) is 0 Å². The summed E-state index contributed by atoms with van der Waals surface area (Å²) < 4.78 is 0. The van der Waals surface area contributed by atoms with Crippen LogP contribution in [0.15, 0.2) is 0 Å². The van der Waals surface area contributed by atoms with Gasteiger partial charge in [0.1, 0.15) is 0 Å². The molecule has 0 amide bonds. The zero-order valence-electron chi connectivity index (χ0n) is 9.10. The van der Waals surface area contributed by atoms with Gasteiger partial charge in [-0.25, -0.2) is 0 Å². The molecule has 0 spiro atoms. The molecule has 0 saturated heterocycles. The summed E-state index contributed by atoms with van der Waals surface area (Å²) in [4.78, 5) is 0. The summed E-state index contributed by atoms with van der Waals surface area (Å²) in [6, 6.07) is 0. The average Bonchev–Trinajstić information content (AvgIpc) is 2.02. The van der Waals surface area contributed by atoms with Gasteiger partial charge >= 0.3 is 0 Å². The van der Waals surface area contributed by atoms with E-state index in [9.17, 15) is 0 Å². The van der Waals surface area contributed by atoms with Crippen molar-refractivity contribution in [3.63, 3.8) is 0 Å². The summed E-state index contributed by atoms with van der Waals surface area (Å²) >= 11 is 0. The highest BCUT2D eigenvalue weighted by Gasteiger charge is 1.94. The number of hydrogen-bond donors (Lipinski definition) is 0. The third-order valence-corrected chi connectivity index (χ3v) is 2.20. The van der Waals surface area contributed by atoms with Gasteiger partial charge in [-0.3, -0.25) is 0 Å². The van der Waals surface area contributed by atoms with Crippen LogP contribution in [0.5, 0.6) is 0 Å². The molecule has 0 aliphatic rings. The van der Waals surface area contributed by atoms with Crippen molar-refractivity contribution < 1.29 is 0 Å². The van der Waals surface area contributed by atoms with Crippen LogP contribution in [0, 0.1) is 12.3 Å². The summed E-state index contributed by atoms with van der Waals surface area (Å²) in [7, 11) is 0. The molecule has 0 aromatic carbocycles. The Kier molecular flexibility index (Phi) is 9.09. The van der Waals surface area contributed by atoms with Crippen LogP contribution >= 0.6 is 0 Å². The summed E-state index contributed by atoms with van der Waals surface area (Å²) in [6.07, 6.45) is 12.1. The second kappa shape index (κ2) is 9.09. The van der Waals surface area contributed by atoms with Crippen LogP contribution in [0.25, 0.3) is 0 Å². The maximum absolute atomic E-state index is 2.46. The van der Waals surface area contributed by atoms with Crippen LogP contribution in [0.1, 0.15) is 65.7 Å². The third kappa shape index (κ3) is 10.0. The van der Waals surface area contributed by atoms with E-state index in [-0.39, 0.29) is 0 Å². The SMILES string of the molecule is CCCC[CH]CCCCC(C)C. The molecule has 0 N–H and O–H groups in total. The quantitative estimate of drug-likeness (QED) is 0.466. The molecular formula is C12H25. The molecule has 0 saturated carbocycles. The van der Waals surface area contributed by atoms with Crippen LogP contribution < -0.4 is 0 Å². The van der Waals surface area contributed by atoms with Gasteiger partial charge in [0.2, 0.25) is 0 Å². The van der Waals surface area contributed by atoms with E-state index in [2.05, 4.69) is 27.2 Å².